The van der Waals surface area contributed by atoms with Crippen molar-refractivity contribution in [3.8, 4) is 0 Å². The number of benzene rings is 1. The Kier molecular flexibility index (Phi) is 6.87. The molecule has 19 heavy (non-hydrogen) atoms. The summed E-state index contributed by atoms with van der Waals surface area (Å²) in [4.78, 5) is 0. The fourth-order valence-corrected chi connectivity index (χ4v) is 2.96. The molecule has 0 bridgehead atoms. The highest BCUT2D eigenvalue weighted by Crippen LogP contribution is 2.12. The third-order valence-corrected chi connectivity index (χ3v) is 4.11. The predicted molar refractivity (Wildman–Crippen MR) is 81.0 cm³/mol. The zero-order valence-electron chi connectivity index (χ0n) is 11.8. The van der Waals surface area contributed by atoms with Crippen molar-refractivity contribution in [3.63, 3.8) is 0 Å². The Morgan fingerprint density at radius 2 is 1.95 bits per heavy atom. The minimum absolute atomic E-state index is 0.175. The fourth-order valence-electron chi connectivity index (χ4n) is 1.78. The molecule has 0 saturated carbocycles. The van der Waals surface area contributed by atoms with Gasteiger partial charge in [0.05, 0.1) is 5.75 Å². The second kappa shape index (κ2) is 8.17. The van der Waals surface area contributed by atoms with Crippen LogP contribution in [0, 0.1) is 6.92 Å². The Balaban J connectivity index is 2.32. The molecule has 0 spiro atoms. The van der Waals surface area contributed by atoms with E-state index >= 15 is 0 Å². The molecule has 0 saturated heterocycles. The molecule has 0 aliphatic heterocycles. The molecule has 0 aliphatic carbocycles. The number of hydrogen-bond donors (Lipinski definition) is 2. The van der Waals surface area contributed by atoms with E-state index in [1.54, 1.807) is 6.07 Å². The topological polar surface area (TPSA) is 58.2 Å². The van der Waals surface area contributed by atoms with E-state index in [2.05, 4.69) is 17.0 Å². The molecule has 0 atom stereocenters. The summed E-state index contributed by atoms with van der Waals surface area (Å²) in [5.74, 6) is 0.175. The number of aryl methyl sites for hydroxylation is 1. The van der Waals surface area contributed by atoms with Gasteiger partial charge in [-0.25, -0.2) is 8.42 Å². The van der Waals surface area contributed by atoms with Gasteiger partial charge in [-0.15, -0.1) is 0 Å². The summed E-state index contributed by atoms with van der Waals surface area (Å²) in [6.45, 7) is 5.93. The Morgan fingerprint density at radius 1 is 1.16 bits per heavy atom. The van der Waals surface area contributed by atoms with E-state index in [1.165, 1.54) is 0 Å². The number of unbranched alkanes of at least 4 members (excludes halogenated alkanes) is 1. The first-order valence-electron chi connectivity index (χ1n) is 6.81. The fraction of sp³-hybridized carbons (Fsp3) is 0.571. The van der Waals surface area contributed by atoms with Crippen molar-refractivity contribution in [2.75, 3.05) is 23.6 Å². The van der Waals surface area contributed by atoms with Gasteiger partial charge in [-0.3, -0.25) is 4.72 Å². The Labute approximate surface area is 116 Å². The van der Waals surface area contributed by atoms with Crippen molar-refractivity contribution in [1.82, 2.24) is 5.32 Å². The van der Waals surface area contributed by atoms with Crippen LogP contribution in [0.2, 0.25) is 0 Å². The largest absolute Gasteiger partial charge is 0.317 e. The average Bonchev–Trinajstić information content (AvgIpc) is 2.33. The summed E-state index contributed by atoms with van der Waals surface area (Å²) < 4.78 is 26.4. The van der Waals surface area contributed by atoms with Gasteiger partial charge >= 0.3 is 0 Å². The average molecular weight is 284 g/mol. The van der Waals surface area contributed by atoms with Crippen LogP contribution >= 0.6 is 0 Å². The molecule has 0 fully saturated rings. The summed E-state index contributed by atoms with van der Waals surface area (Å²) in [7, 11) is -3.22. The van der Waals surface area contributed by atoms with Crippen LogP contribution in [-0.4, -0.2) is 27.3 Å². The van der Waals surface area contributed by atoms with Crippen LogP contribution in [0.5, 0.6) is 0 Å². The van der Waals surface area contributed by atoms with E-state index in [0.29, 0.717) is 12.1 Å². The third-order valence-electron chi connectivity index (χ3n) is 2.73. The molecule has 0 aliphatic rings. The van der Waals surface area contributed by atoms with Crippen molar-refractivity contribution < 1.29 is 8.42 Å². The van der Waals surface area contributed by atoms with Crippen LogP contribution in [0.15, 0.2) is 24.3 Å². The van der Waals surface area contributed by atoms with Crippen LogP contribution in [0.4, 0.5) is 5.69 Å². The monoisotopic (exact) mass is 284 g/mol. The molecular weight excluding hydrogens is 260 g/mol. The van der Waals surface area contributed by atoms with Crippen LogP contribution in [-0.2, 0) is 10.0 Å². The number of nitrogens with one attached hydrogen (secondary N) is 2. The van der Waals surface area contributed by atoms with Crippen LogP contribution in [0.25, 0.3) is 0 Å². The maximum atomic E-state index is 11.9. The van der Waals surface area contributed by atoms with Crippen LogP contribution in [0.3, 0.4) is 0 Å². The Hall–Kier alpha value is -1.07. The number of anilines is 1. The highest BCUT2D eigenvalue weighted by molar-refractivity contribution is 7.92. The van der Waals surface area contributed by atoms with E-state index < -0.39 is 10.0 Å². The van der Waals surface area contributed by atoms with Crippen molar-refractivity contribution >= 4 is 15.7 Å². The predicted octanol–water partition coefficient (Wildman–Crippen LogP) is 2.52. The second-order valence-electron chi connectivity index (χ2n) is 4.75. The Morgan fingerprint density at radius 3 is 2.63 bits per heavy atom. The van der Waals surface area contributed by atoms with Gasteiger partial charge in [-0.2, -0.15) is 0 Å². The van der Waals surface area contributed by atoms with Gasteiger partial charge in [-0.1, -0.05) is 19.1 Å². The minimum Gasteiger partial charge on any atom is -0.317 e. The van der Waals surface area contributed by atoms with Crippen LogP contribution < -0.4 is 10.0 Å². The maximum Gasteiger partial charge on any atom is 0.232 e. The van der Waals surface area contributed by atoms with E-state index in [-0.39, 0.29) is 5.75 Å². The first kappa shape index (κ1) is 16.0. The molecule has 108 valence electrons. The lowest BCUT2D eigenvalue weighted by molar-refractivity contribution is 0.590. The Bertz CT molecular complexity index is 472. The molecular formula is C14H24N2O2S. The highest BCUT2D eigenvalue weighted by Gasteiger charge is 2.09. The van der Waals surface area contributed by atoms with Gasteiger partial charge in [0.1, 0.15) is 0 Å². The first-order valence-corrected chi connectivity index (χ1v) is 8.46. The van der Waals surface area contributed by atoms with Gasteiger partial charge in [-0.05, 0) is 57.0 Å². The molecule has 0 radical (unpaired) electrons. The quantitative estimate of drug-likeness (QED) is 0.685. The van der Waals surface area contributed by atoms with Crippen molar-refractivity contribution in [2.45, 2.75) is 33.1 Å². The third kappa shape index (κ3) is 7.18. The summed E-state index contributed by atoms with van der Waals surface area (Å²) in [5.41, 5.74) is 1.69. The number of hydrogen-bond acceptors (Lipinski definition) is 3. The lowest BCUT2D eigenvalue weighted by Gasteiger charge is -2.08. The summed E-state index contributed by atoms with van der Waals surface area (Å²) in [5, 5.41) is 3.26. The molecule has 5 heteroatoms. The van der Waals surface area contributed by atoms with Gasteiger partial charge in [0.15, 0.2) is 0 Å². The summed E-state index contributed by atoms with van der Waals surface area (Å²) >= 11 is 0. The van der Waals surface area contributed by atoms with E-state index in [9.17, 15) is 8.42 Å². The lowest BCUT2D eigenvalue weighted by atomic mass is 10.2. The van der Waals surface area contributed by atoms with E-state index in [1.807, 2.05) is 25.1 Å². The lowest BCUT2D eigenvalue weighted by Crippen LogP contribution is -2.19. The van der Waals surface area contributed by atoms with Gasteiger partial charge < -0.3 is 5.32 Å². The van der Waals surface area contributed by atoms with Gasteiger partial charge in [0.25, 0.3) is 0 Å². The smallest absolute Gasteiger partial charge is 0.232 e. The normalized spacial score (nSPS) is 11.5. The maximum absolute atomic E-state index is 11.9. The van der Waals surface area contributed by atoms with E-state index in [0.717, 1.165) is 31.5 Å². The molecule has 1 aromatic carbocycles. The van der Waals surface area contributed by atoms with Crippen molar-refractivity contribution in [1.29, 1.82) is 0 Å². The first-order chi connectivity index (χ1) is 9.03. The van der Waals surface area contributed by atoms with Crippen molar-refractivity contribution in [2.24, 2.45) is 0 Å². The molecule has 0 aromatic heterocycles. The van der Waals surface area contributed by atoms with Crippen LogP contribution in [0.1, 0.15) is 31.7 Å². The van der Waals surface area contributed by atoms with Gasteiger partial charge in [0.2, 0.25) is 10.0 Å². The molecule has 1 rings (SSSR count). The SMILES string of the molecule is CCCNCCCCS(=O)(=O)Nc1cccc(C)c1. The molecule has 4 nitrogen and oxygen atoms in total. The molecule has 1 aromatic rings. The van der Waals surface area contributed by atoms with Crippen molar-refractivity contribution in [3.05, 3.63) is 29.8 Å². The molecule has 0 amide bonds. The highest BCUT2D eigenvalue weighted by atomic mass is 32.2. The standard InChI is InChI=1S/C14H24N2O2S/c1-3-9-15-10-4-5-11-19(17,18)16-14-8-6-7-13(2)12-14/h6-8,12,15-16H,3-5,9-11H2,1-2H3. The summed E-state index contributed by atoms with van der Waals surface area (Å²) in [6, 6.07) is 7.40. The molecule has 0 unspecified atom stereocenters. The minimum atomic E-state index is -3.22. The van der Waals surface area contributed by atoms with Gasteiger partial charge in [0, 0.05) is 5.69 Å². The zero-order chi connectivity index (χ0) is 14.1. The molecule has 2 N–H and O–H groups in total. The van der Waals surface area contributed by atoms with E-state index in [4.69, 9.17) is 0 Å². The zero-order valence-corrected chi connectivity index (χ0v) is 12.6. The second-order valence-corrected chi connectivity index (χ2v) is 6.59. The number of sulfonamides is 1. The molecule has 0 heterocycles. The summed E-state index contributed by atoms with van der Waals surface area (Å²) in [6.07, 6.45) is 2.67. The number of rotatable bonds is 9.